The second kappa shape index (κ2) is 7.70. The Balaban J connectivity index is 2.58. The van der Waals surface area contributed by atoms with Crippen molar-refractivity contribution in [1.82, 2.24) is 9.78 Å². The van der Waals surface area contributed by atoms with E-state index in [1.54, 1.807) is 6.26 Å². The molecule has 0 radical (unpaired) electrons. The lowest BCUT2D eigenvalue weighted by Gasteiger charge is -2.08. The van der Waals surface area contributed by atoms with Crippen molar-refractivity contribution in [2.45, 2.75) is 6.18 Å². The predicted octanol–water partition coefficient (Wildman–Crippen LogP) is 4.55. The number of hydrogen-bond acceptors (Lipinski definition) is 5. The first-order chi connectivity index (χ1) is 12.1. The van der Waals surface area contributed by atoms with Gasteiger partial charge in [-0.3, -0.25) is 14.8 Å². The Morgan fingerprint density at radius 1 is 1.42 bits per heavy atom. The second-order valence-corrected chi connectivity index (χ2v) is 6.39. The van der Waals surface area contributed by atoms with E-state index >= 15 is 0 Å². The van der Waals surface area contributed by atoms with E-state index in [2.05, 4.69) is 5.10 Å². The average molecular weight is 414 g/mol. The molecule has 0 amide bonds. The fourth-order valence-electron chi connectivity index (χ4n) is 2.20. The van der Waals surface area contributed by atoms with Crippen LogP contribution in [0, 0.1) is 15.9 Å². The molecule has 0 saturated carbocycles. The Morgan fingerprint density at radius 2 is 2.08 bits per heavy atom. The Labute approximate surface area is 154 Å². The lowest BCUT2D eigenvalue weighted by atomic mass is 10.1. The summed E-state index contributed by atoms with van der Waals surface area (Å²) in [6, 6.07) is 1.50. The van der Waals surface area contributed by atoms with E-state index < -0.39 is 44.6 Å². The molecule has 2 rings (SSSR count). The van der Waals surface area contributed by atoms with Crippen LogP contribution >= 0.6 is 23.4 Å². The van der Waals surface area contributed by atoms with Crippen molar-refractivity contribution in [2.75, 3.05) is 18.6 Å². The molecule has 1 aromatic carbocycles. The predicted molar refractivity (Wildman–Crippen MR) is 89.1 cm³/mol. The maximum absolute atomic E-state index is 14.4. The number of nitro groups is 1. The fraction of sp³-hybridized carbons (Fsp3) is 0.357. The molecule has 0 fully saturated rings. The molecule has 2 aromatic rings. The number of rotatable bonds is 6. The molecule has 0 saturated heterocycles. The standard InChI is InChI=1S/C14H12ClF4N3O3S/c1-21-13(14(17,18)19)11(15)12(20-21)7-5-9(22(23)24)10(6-8(7)16)25-3-4-26-2/h5-6H,3-4H2,1-2H3. The van der Waals surface area contributed by atoms with Gasteiger partial charge in [-0.05, 0) is 6.26 Å². The first kappa shape index (κ1) is 20.3. The molecule has 12 heteroatoms. The van der Waals surface area contributed by atoms with Gasteiger partial charge in [-0.1, -0.05) is 11.6 Å². The van der Waals surface area contributed by atoms with Gasteiger partial charge in [0.2, 0.25) is 0 Å². The molecule has 26 heavy (non-hydrogen) atoms. The summed E-state index contributed by atoms with van der Waals surface area (Å²) in [4.78, 5) is 10.4. The van der Waals surface area contributed by atoms with Crippen LogP contribution in [-0.4, -0.2) is 33.3 Å². The minimum atomic E-state index is -4.82. The monoisotopic (exact) mass is 413 g/mol. The number of nitrogens with zero attached hydrogens (tertiary/aromatic N) is 3. The summed E-state index contributed by atoms with van der Waals surface area (Å²) in [6.07, 6.45) is -3.02. The van der Waals surface area contributed by atoms with E-state index in [4.69, 9.17) is 16.3 Å². The minimum absolute atomic E-state index is 0.101. The van der Waals surface area contributed by atoms with Gasteiger partial charge in [0, 0.05) is 30.5 Å². The number of ether oxygens (including phenoxy) is 1. The average Bonchev–Trinajstić information content (AvgIpc) is 2.81. The first-order valence-electron chi connectivity index (χ1n) is 6.97. The van der Waals surface area contributed by atoms with Crippen LogP contribution in [0.5, 0.6) is 5.75 Å². The summed E-state index contributed by atoms with van der Waals surface area (Å²) in [6.45, 7) is 0.101. The van der Waals surface area contributed by atoms with Gasteiger partial charge in [-0.2, -0.15) is 30.0 Å². The maximum atomic E-state index is 14.4. The zero-order valence-electron chi connectivity index (χ0n) is 13.4. The van der Waals surface area contributed by atoms with Crippen molar-refractivity contribution in [3.63, 3.8) is 0 Å². The van der Waals surface area contributed by atoms with E-state index in [0.717, 1.165) is 19.2 Å². The molecule has 0 atom stereocenters. The highest BCUT2D eigenvalue weighted by Crippen LogP contribution is 2.42. The van der Waals surface area contributed by atoms with Crippen LogP contribution in [0.1, 0.15) is 5.69 Å². The van der Waals surface area contributed by atoms with Crippen LogP contribution in [0.25, 0.3) is 11.3 Å². The highest BCUT2D eigenvalue weighted by Gasteiger charge is 2.39. The zero-order valence-corrected chi connectivity index (χ0v) is 15.0. The van der Waals surface area contributed by atoms with Gasteiger partial charge in [0.25, 0.3) is 0 Å². The first-order valence-corrected chi connectivity index (χ1v) is 8.74. The number of aryl methyl sites for hydroxylation is 1. The van der Waals surface area contributed by atoms with Crippen LogP contribution in [0.4, 0.5) is 23.2 Å². The summed E-state index contributed by atoms with van der Waals surface area (Å²) in [5, 5.41) is 14.0. The summed E-state index contributed by atoms with van der Waals surface area (Å²) in [7, 11) is 0.990. The maximum Gasteiger partial charge on any atom is 0.434 e. The van der Waals surface area contributed by atoms with Gasteiger partial charge in [-0.15, -0.1) is 0 Å². The van der Waals surface area contributed by atoms with Gasteiger partial charge in [-0.25, -0.2) is 4.39 Å². The summed E-state index contributed by atoms with van der Waals surface area (Å²) in [5.74, 6) is -0.849. The number of aromatic nitrogens is 2. The van der Waals surface area contributed by atoms with Crippen LogP contribution in [0.2, 0.25) is 5.02 Å². The molecule has 142 valence electrons. The van der Waals surface area contributed by atoms with Gasteiger partial charge in [0.05, 0.1) is 16.6 Å². The van der Waals surface area contributed by atoms with E-state index in [1.807, 2.05) is 0 Å². The van der Waals surface area contributed by atoms with Crippen molar-refractivity contribution >= 4 is 29.1 Å². The smallest absolute Gasteiger partial charge is 0.434 e. The van der Waals surface area contributed by atoms with Crippen LogP contribution < -0.4 is 4.74 Å². The normalized spacial score (nSPS) is 11.7. The Bertz CT molecular complexity index is 842. The summed E-state index contributed by atoms with van der Waals surface area (Å²) >= 11 is 7.14. The van der Waals surface area contributed by atoms with Crippen molar-refractivity contribution in [3.05, 3.63) is 38.8 Å². The molecular formula is C14H12ClF4N3O3S. The van der Waals surface area contributed by atoms with Crippen molar-refractivity contribution < 1.29 is 27.2 Å². The molecular weight excluding hydrogens is 402 g/mol. The lowest BCUT2D eigenvalue weighted by Crippen LogP contribution is -2.12. The highest BCUT2D eigenvalue weighted by atomic mass is 35.5. The molecule has 0 aliphatic heterocycles. The minimum Gasteiger partial charge on any atom is -0.486 e. The van der Waals surface area contributed by atoms with Crippen LogP contribution in [-0.2, 0) is 13.2 Å². The fourth-order valence-corrected chi connectivity index (χ4v) is 2.82. The van der Waals surface area contributed by atoms with E-state index in [1.165, 1.54) is 11.8 Å². The quantitative estimate of drug-likeness (QED) is 0.301. The summed E-state index contributed by atoms with van der Waals surface area (Å²) < 4.78 is 59.1. The Morgan fingerprint density at radius 3 is 2.58 bits per heavy atom. The Hall–Kier alpha value is -2.01. The topological polar surface area (TPSA) is 70.2 Å². The van der Waals surface area contributed by atoms with Gasteiger partial charge < -0.3 is 4.74 Å². The number of halogens is 5. The molecule has 0 aliphatic rings. The van der Waals surface area contributed by atoms with Crippen molar-refractivity contribution in [3.8, 4) is 17.0 Å². The van der Waals surface area contributed by atoms with Gasteiger partial charge in [0.15, 0.2) is 11.4 Å². The molecule has 6 nitrogen and oxygen atoms in total. The van der Waals surface area contributed by atoms with Gasteiger partial charge in [0.1, 0.15) is 11.5 Å². The largest absolute Gasteiger partial charge is 0.486 e. The Kier molecular flexibility index (Phi) is 6.02. The molecule has 0 N–H and O–H groups in total. The molecule has 0 aliphatic carbocycles. The zero-order chi connectivity index (χ0) is 19.6. The van der Waals surface area contributed by atoms with E-state index in [9.17, 15) is 27.7 Å². The third-order valence-electron chi connectivity index (χ3n) is 3.30. The highest BCUT2D eigenvalue weighted by molar-refractivity contribution is 7.98. The second-order valence-electron chi connectivity index (χ2n) is 5.03. The summed E-state index contributed by atoms with van der Waals surface area (Å²) in [5.41, 5.74) is -2.95. The van der Waals surface area contributed by atoms with Crippen LogP contribution in [0.15, 0.2) is 12.1 Å². The van der Waals surface area contributed by atoms with Crippen molar-refractivity contribution in [1.29, 1.82) is 0 Å². The van der Waals surface area contributed by atoms with E-state index in [0.29, 0.717) is 10.4 Å². The third-order valence-corrected chi connectivity index (χ3v) is 4.24. The molecule has 1 heterocycles. The van der Waals surface area contributed by atoms with Crippen LogP contribution in [0.3, 0.4) is 0 Å². The molecule has 0 spiro atoms. The molecule has 0 bridgehead atoms. The molecule has 1 aromatic heterocycles. The van der Waals surface area contributed by atoms with Crippen molar-refractivity contribution in [2.24, 2.45) is 7.05 Å². The number of benzene rings is 1. The van der Waals surface area contributed by atoms with E-state index in [-0.39, 0.29) is 12.4 Å². The third kappa shape index (κ3) is 4.04. The lowest BCUT2D eigenvalue weighted by molar-refractivity contribution is -0.385. The number of alkyl halides is 3. The number of thioether (sulfide) groups is 1. The number of nitro benzene ring substituents is 1. The molecule has 0 unspecified atom stereocenters. The van der Waals surface area contributed by atoms with Gasteiger partial charge >= 0.3 is 11.9 Å². The number of hydrogen-bond donors (Lipinski definition) is 0. The SMILES string of the molecule is CSCCOc1cc(F)c(-c2nn(C)c(C(F)(F)F)c2Cl)cc1[N+](=O)[O-].